The van der Waals surface area contributed by atoms with E-state index in [0.717, 1.165) is 13.0 Å². The second-order valence-corrected chi connectivity index (χ2v) is 4.79. The third-order valence-electron chi connectivity index (χ3n) is 3.19. The van der Waals surface area contributed by atoms with Gasteiger partial charge in [-0.1, -0.05) is 32.6 Å². The van der Waals surface area contributed by atoms with E-state index in [9.17, 15) is 0 Å². The fourth-order valence-corrected chi connectivity index (χ4v) is 2.01. The van der Waals surface area contributed by atoms with Gasteiger partial charge in [-0.05, 0) is 44.8 Å². The van der Waals surface area contributed by atoms with Gasteiger partial charge in [0.25, 0.3) is 0 Å². The van der Waals surface area contributed by atoms with E-state index >= 15 is 0 Å². The summed E-state index contributed by atoms with van der Waals surface area (Å²) in [6, 6.07) is 0. The van der Waals surface area contributed by atoms with E-state index in [0.29, 0.717) is 0 Å². The number of aromatic nitrogens is 2. The van der Waals surface area contributed by atoms with Crippen molar-refractivity contribution in [3.05, 3.63) is 17.5 Å². The minimum Gasteiger partial charge on any atom is -0.317 e. The topological polar surface area (TPSA) is 40.7 Å². The molecular weight excluding hydrogens is 210 g/mol. The van der Waals surface area contributed by atoms with Crippen molar-refractivity contribution in [2.75, 3.05) is 13.1 Å². The third kappa shape index (κ3) is 6.47. The second-order valence-electron chi connectivity index (χ2n) is 4.79. The van der Waals surface area contributed by atoms with Crippen molar-refractivity contribution < 1.29 is 0 Å². The van der Waals surface area contributed by atoms with Gasteiger partial charge >= 0.3 is 0 Å². The molecule has 1 aromatic rings. The number of rotatable bonds is 10. The van der Waals surface area contributed by atoms with Gasteiger partial charge in [0, 0.05) is 5.69 Å². The first-order valence-corrected chi connectivity index (χ1v) is 7.04. The summed E-state index contributed by atoms with van der Waals surface area (Å²) in [5.74, 6) is 0. The van der Waals surface area contributed by atoms with Crippen LogP contribution in [-0.2, 0) is 6.42 Å². The lowest BCUT2D eigenvalue weighted by atomic mass is 10.1. The molecule has 0 aliphatic carbocycles. The first kappa shape index (κ1) is 14.2. The Kier molecular flexibility index (Phi) is 7.72. The summed E-state index contributed by atoms with van der Waals surface area (Å²) in [7, 11) is 0. The molecule has 0 bridgehead atoms. The highest BCUT2D eigenvalue weighted by molar-refractivity contribution is 5.14. The van der Waals surface area contributed by atoms with Crippen molar-refractivity contribution in [2.24, 2.45) is 0 Å². The van der Waals surface area contributed by atoms with Gasteiger partial charge in [-0.2, -0.15) is 5.10 Å². The second kappa shape index (κ2) is 9.23. The van der Waals surface area contributed by atoms with Crippen LogP contribution in [0.5, 0.6) is 0 Å². The van der Waals surface area contributed by atoms with Crippen LogP contribution in [0.1, 0.15) is 56.7 Å². The molecule has 17 heavy (non-hydrogen) atoms. The first-order valence-electron chi connectivity index (χ1n) is 7.04. The molecule has 0 aliphatic heterocycles. The third-order valence-corrected chi connectivity index (χ3v) is 3.19. The maximum absolute atomic E-state index is 4.03. The summed E-state index contributed by atoms with van der Waals surface area (Å²) >= 11 is 0. The summed E-state index contributed by atoms with van der Waals surface area (Å²) in [6.07, 6.45) is 11.1. The number of aromatic amines is 1. The largest absolute Gasteiger partial charge is 0.317 e. The van der Waals surface area contributed by atoms with Crippen LogP contribution in [-0.4, -0.2) is 23.3 Å². The molecule has 0 aromatic carbocycles. The molecule has 0 aliphatic rings. The predicted octanol–water partition coefficient (Wildman–Crippen LogP) is 3.21. The highest BCUT2D eigenvalue weighted by atomic mass is 15.1. The number of nitrogens with zero attached hydrogens (tertiary/aromatic N) is 1. The molecule has 0 saturated heterocycles. The van der Waals surface area contributed by atoms with E-state index in [2.05, 4.69) is 29.4 Å². The molecule has 0 amide bonds. The number of unbranched alkanes of at least 4 members (excludes halogenated alkanes) is 4. The maximum Gasteiger partial charge on any atom is 0.0522 e. The van der Waals surface area contributed by atoms with Crippen LogP contribution in [0, 0.1) is 6.92 Å². The van der Waals surface area contributed by atoms with Crippen LogP contribution >= 0.6 is 0 Å². The highest BCUT2D eigenvalue weighted by Gasteiger charge is 1.99. The van der Waals surface area contributed by atoms with Gasteiger partial charge in [0.05, 0.1) is 6.20 Å². The van der Waals surface area contributed by atoms with Crippen LogP contribution in [0.2, 0.25) is 0 Å². The number of nitrogens with one attached hydrogen (secondary N) is 2. The predicted molar refractivity (Wildman–Crippen MR) is 73.3 cm³/mol. The van der Waals surface area contributed by atoms with Crippen molar-refractivity contribution in [3.63, 3.8) is 0 Å². The van der Waals surface area contributed by atoms with Crippen molar-refractivity contribution in [3.8, 4) is 0 Å². The molecule has 98 valence electrons. The molecule has 0 fully saturated rings. The van der Waals surface area contributed by atoms with E-state index in [-0.39, 0.29) is 0 Å². The van der Waals surface area contributed by atoms with Gasteiger partial charge < -0.3 is 5.32 Å². The Balaban J connectivity index is 1.86. The maximum atomic E-state index is 4.03. The lowest BCUT2D eigenvalue weighted by Gasteiger charge is -2.04. The summed E-state index contributed by atoms with van der Waals surface area (Å²) in [6.45, 7) is 6.64. The monoisotopic (exact) mass is 237 g/mol. The molecular formula is C14H27N3. The van der Waals surface area contributed by atoms with Crippen molar-refractivity contribution in [1.82, 2.24) is 15.5 Å². The molecule has 0 unspecified atom stereocenters. The molecule has 1 heterocycles. The van der Waals surface area contributed by atoms with E-state index in [4.69, 9.17) is 0 Å². The molecule has 3 nitrogen and oxygen atoms in total. The Morgan fingerprint density at radius 3 is 2.59 bits per heavy atom. The van der Waals surface area contributed by atoms with E-state index in [1.165, 1.54) is 56.3 Å². The Labute approximate surface area is 105 Å². The van der Waals surface area contributed by atoms with Crippen molar-refractivity contribution in [2.45, 2.75) is 58.8 Å². The van der Waals surface area contributed by atoms with Crippen LogP contribution in [0.25, 0.3) is 0 Å². The van der Waals surface area contributed by atoms with Crippen LogP contribution < -0.4 is 5.32 Å². The van der Waals surface area contributed by atoms with Gasteiger partial charge in [0.15, 0.2) is 0 Å². The van der Waals surface area contributed by atoms with E-state index in [1.54, 1.807) is 0 Å². The Bertz CT molecular complexity index is 281. The van der Waals surface area contributed by atoms with Gasteiger partial charge in [-0.15, -0.1) is 0 Å². The molecule has 1 rings (SSSR count). The SMILES string of the molecule is CCCCCCCNCCCc1cn[nH]c1C. The summed E-state index contributed by atoms with van der Waals surface area (Å²) in [5.41, 5.74) is 2.57. The average molecular weight is 237 g/mol. The van der Waals surface area contributed by atoms with Gasteiger partial charge in [0.2, 0.25) is 0 Å². The van der Waals surface area contributed by atoms with Crippen LogP contribution in [0.4, 0.5) is 0 Å². The number of aryl methyl sites for hydroxylation is 2. The van der Waals surface area contributed by atoms with Gasteiger partial charge in [0.1, 0.15) is 0 Å². The van der Waals surface area contributed by atoms with Crippen LogP contribution in [0.15, 0.2) is 6.20 Å². The molecule has 0 atom stereocenters. The van der Waals surface area contributed by atoms with Crippen molar-refractivity contribution >= 4 is 0 Å². The molecule has 0 spiro atoms. The molecule has 0 radical (unpaired) electrons. The fraction of sp³-hybridized carbons (Fsp3) is 0.786. The quantitative estimate of drug-likeness (QED) is 0.613. The highest BCUT2D eigenvalue weighted by Crippen LogP contribution is 2.05. The lowest BCUT2D eigenvalue weighted by Crippen LogP contribution is -2.17. The zero-order valence-electron chi connectivity index (χ0n) is 11.4. The van der Waals surface area contributed by atoms with Gasteiger partial charge in [-0.3, -0.25) is 5.10 Å². The molecule has 1 aromatic heterocycles. The van der Waals surface area contributed by atoms with E-state index in [1.807, 2.05) is 6.20 Å². The molecule has 3 heteroatoms. The zero-order valence-corrected chi connectivity index (χ0v) is 11.4. The zero-order chi connectivity index (χ0) is 12.3. The summed E-state index contributed by atoms with van der Waals surface area (Å²) in [5, 5.41) is 10.5. The Morgan fingerprint density at radius 1 is 1.12 bits per heavy atom. The summed E-state index contributed by atoms with van der Waals surface area (Å²) < 4.78 is 0. The van der Waals surface area contributed by atoms with Gasteiger partial charge in [-0.25, -0.2) is 0 Å². The Morgan fingerprint density at radius 2 is 1.88 bits per heavy atom. The molecule has 2 N–H and O–H groups in total. The normalized spacial score (nSPS) is 10.9. The number of hydrogen-bond donors (Lipinski definition) is 2. The lowest BCUT2D eigenvalue weighted by molar-refractivity contribution is 0.574. The van der Waals surface area contributed by atoms with Crippen LogP contribution in [0.3, 0.4) is 0 Å². The van der Waals surface area contributed by atoms with E-state index < -0.39 is 0 Å². The standard InChI is InChI=1S/C14H27N3/c1-3-4-5-6-7-10-15-11-8-9-14-12-16-17-13(14)2/h12,15H,3-11H2,1-2H3,(H,16,17). The first-order chi connectivity index (χ1) is 8.34. The number of H-pyrrole nitrogens is 1. The smallest absolute Gasteiger partial charge is 0.0522 e. The minimum absolute atomic E-state index is 1.12. The fourth-order valence-electron chi connectivity index (χ4n) is 2.01. The minimum atomic E-state index is 1.12. The molecule has 0 saturated carbocycles. The number of hydrogen-bond acceptors (Lipinski definition) is 2. The summed E-state index contributed by atoms with van der Waals surface area (Å²) in [4.78, 5) is 0. The average Bonchev–Trinajstić information content (AvgIpc) is 2.73. The van der Waals surface area contributed by atoms with Crippen molar-refractivity contribution in [1.29, 1.82) is 0 Å². The Hall–Kier alpha value is -0.830.